The van der Waals surface area contributed by atoms with Gasteiger partial charge in [0, 0.05) is 10.5 Å². The summed E-state index contributed by atoms with van der Waals surface area (Å²) < 4.78 is 6.13. The molecule has 0 spiro atoms. The number of anilines is 1. The van der Waals surface area contributed by atoms with E-state index in [1.165, 1.54) is 12.1 Å². The van der Waals surface area contributed by atoms with E-state index in [4.69, 9.17) is 28.6 Å². The van der Waals surface area contributed by atoms with Gasteiger partial charge in [0.05, 0.1) is 21.2 Å². The maximum Gasteiger partial charge on any atom is 0.274 e. The first-order chi connectivity index (χ1) is 12.3. The summed E-state index contributed by atoms with van der Waals surface area (Å²) in [5.74, 6) is -0.136. The molecule has 0 aliphatic rings. The average Bonchev–Trinajstić information content (AvgIpc) is 2.55. The quantitative estimate of drug-likeness (QED) is 0.396. The van der Waals surface area contributed by atoms with E-state index in [9.17, 15) is 14.9 Å². The summed E-state index contributed by atoms with van der Waals surface area (Å²) in [4.78, 5) is 22.4. The summed E-state index contributed by atoms with van der Waals surface area (Å²) in [5, 5.41) is 16.5. The van der Waals surface area contributed by atoms with Crippen molar-refractivity contribution in [2.75, 3.05) is 11.9 Å². The number of nitro groups is 1. The van der Waals surface area contributed by atoms with Gasteiger partial charge in [0.2, 0.25) is 0 Å². The minimum absolute atomic E-state index is 0.00380. The van der Waals surface area contributed by atoms with E-state index in [2.05, 4.69) is 26.6 Å². The van der Waals surface area contributed by atoms with E-state index in [1.54, 1.807) is 31.2 Å². The van der Waals surface area contributed by atoms with E-state index in [1.807, 2.05) is 0 Å². The Labute approximate surface area is 168 Å². The molecule has 136 valence electrons. The first-order valence-corrected chi connectivity index (χ1v) is 8.78. The van der Waals surface area contributed by atoms with Gasteiger partial charge >= 0.3 is 0 Å². The van der Waals surface area contributed by atoms with Crippen molar-refractivity contribution < 1.29 is 14.5 Å². The van der Waals surface area contributed by atoms with E-state index < -0.39 is 10.8 Å². The molecule has 2 rings (SSSR count). The lowest BCUT2D eigenvalue weighted by Gasteiger charge is -2.12. The van der Waals surface area contributed by atoms with Crippen molar-refractivity contribution in [1.82, 2.24) is 5.32 Å². The lowest BCUT2D eigenvalue weighted by atomic mass is 10.1. The number of nitro benzene ring substituents is 1. The number of thiocarbonyl (C=S) groups is 1. The highest BCUT2D eigenvalue weighted by Crippen LogP contribution is 2.27. The van der Waals surface area contributed by atoms with Crippen LogP contribution in [0.4, 0.5) is 11.4 Å². The molecule has 0 aliphatic carbocycles. The molecule has 2 N–H and O–H groups in total. The third kappa shape index (κ3) is 5.38. The summed E-state index contributed by atoms with van der Waals surface area (Å²) >= 11 is 14.3. The van der Waals surface area contributed by atoms with Crippen LogP contribution in [-0.4, -0.2) is 22.5 Å². The Morgan fingerprint density at radius 3 is 2.77 bits per heavy atom. The Morgan fingerprint density at radius 1 is 1.38 bits per heavy atom. The molecule has 2 aromatic rings. The van der Waals surface area contributed by atoms with Gasteiger partial charge in [-0.15, -0.1) is 0 Å². The highest BCUT2D eigenvalue weighted by molar-refractivity contribution is 9.10. The third-order valence-electron chi connectivity index (χ3n) is 3.26. The van der Waals surface area contributed by atoms with Crippen LogP contribution in [0.5, 0.6) is 5.75 Å². The zero-order valence-corrected chi connectivity index (χ0v) is 16.6. The van der Waals surface area contributed by atoms with Crippen molar-refractivity contribution in [2.24, 2.45) is 0 Å². The van der Waals surface area contributed by atoms with Gasteiger partial charge in [-0.1, -0.05) is 33.6 Å². The number of nitrogens with one attached hydrogen (secondary N) is 2. The Balaban J connectivity index is 1.92. The molecule has 0 aliphatic heterocycles. The number of hydrogen-bond acceptors (Lipinski definition) is 5. The summed E-state index contributed by atoms with van der Waals surface area (Å²) in [6, 6.07) is 9.54. The number of carbonyl (C=O) groups excluding carboxylic acids is 1. The van der Waals surface area contributed by atoms with E-state index >= 15 is 0 Å². The van der Waals surface area contributed by atoms with Crippen LogP contribution in [0.2, 0.25) is 5.02 Å². The second-order valence-corrected chi connectivity index (χ2v) is 6.80. The maximum absolute atomic E-state index is 11.9. The van der Waals surface area contributed by atoms with Crippen LogP contribution < -0.4 is 15.4 Å². The molecular weight excluding hydrogens is 446 g/mol. The van der Waals surface area contributed by atoms with E-state index in [-0.39, 0.29) is 17.4 Å². The normalized spacial score (nSPS) is 10.1. The Kier molecular flexibility index (Phi) is 6.90. The fourth-order valence-corrected chi connectivity index (χ4v) is 2.96. The maximum atomic E-state index is 11.9. The van der Waals surface area contributed by atoms with Gasteiger partial charge in [0.15, 0.2) is 11.7 Å². The lowest BCUT2D eigenvalue weighted by molar-refractivity contribution is -0.385. The van der Waals surface area contributed by atoms with Crippen LogP contribution >= 0.6 is 39.7 Å². The first kappa shape index (κ1) is 20.1. The van der Waals surface area contributed by atoms with Crippen LogP contribution in [0, 0.1) is 17.0 Å². The molecule has 0 heterocycles. The number of halogens is 2. The van der Waals surface area contributed by atoms with E-state index in [0.29, 0.717) is 22.0 Å². The smallest absolute Gasteiger partial charge is 0.274 e. The molecule has 0 saturated heterocycles. The fraction of sp³-hybridized carbons (Fsp3) is 0.125. The molecule has 0 radical (unpaired) electrons. The third-order valence-corrected chi connectivity index (χ3v) is 4.25. The SMILES string of the molecule is Cc1c(NC(=S)NC(=O)COc2ccc(Br)cc2Cl)cccc1[N+](=O)[O-]. The van der Waals surface area contributed by atoms with Crippen LogP contribution in [0.25, 0.3) is 0 Å². The standard InChI is InChI=1S/C16H13BrClN3O4S/c1-9-12(3-2-4-13(9)21(23)24)19-16(26)20-15(22)8-25-14-6-5-10(17)7-11(14)18/h2-7H,8H2,1H3,(H2,19,20,22,26). The molecule has 0 saturated carbocycles. The van der Waals surface area contributed by atoms with Crippen LogP contribution in [0.15, 0.2) is 40.9 Å². The van der Waals surface area contributed by atoms with Crippen LogP contribution in [-0.2, 0) is 4.79 Å². The predicted octanol–water partition coefficient (Wildman–Crippen LogP) is 4.21. The van der Waals surface area contributed by atoms with Crippen molar-refractivity contribution in [3.8, 4) is 5.75 Å². The molecule has 0 aromatic heterocycles. The zero-order valence-electron chi connectivity index (χ0n) is 13.4. The predicted molar refractivity (Wildman–Crippen MR) is 107 cm³/mol. The van der Waals surface area contributed by atoms with Crippen molar-refractivity contribution in [2.45, 2.75) is 6.92 Å². The molecule has 2 aromatic carbocycles. The minimum Gasteiger partial charge on any atom is -0.482 e. The number of rotatable bonds is 5. The molecule has 0 fully saturated rings. The number of amides is 1. The number of nitrogens with zero attached hydrogens (tertiary/aromatic N) is 1. The molecule has 7 nitrogen and oxygen atoms in total. The van der Waals surface area contributed by atoms with Crippen molar-refractivity contribution in [1.29, 1.82) is 0 Å². The van der Waals surface area contributed by atoms with Crippen molar-refractivity contribution in [3.63, 3.8) is 0 Å². The second kappa shape index (κ2) is 8.93. The molecule has 0 atom stereocenters. The summed E-state index contributed by atoms with van der Waals surface area (Å²) in [6.45, 7) is 1.29. The molecular formula is C16H13BrClN3O4S. The monoisotopic (exact) mass is 457 g/mol. The molecule has 0 bridgehead atoms. The molecule has 10 heteroatoms. The Morgan fingerprint density at radius 2 is 2.12 bits per heavy atom. The van der Waals surface area contributed by atoms with Gasteiger partial charge in [-0.3, -0.25) is 20.2 Å². The minimum atomic E-state index is -0.496. The van der Waals surface area contributed by atoms with Crippen LogP contribution in [0.3, 0.4) is 0 Å². The van der Waals surface area contributed by atoms with E-state index in [0.717, 1.165) is 4.47 Å². The van der Waals surface area contributed by atoms with Crippen molar-refractivity contribution >= 4 is 62.1 Å². The number of ether oxygens (including phenoxy) is 1. The second-order valence-electron chi connectivity index (χ2n) is 5.07. The van der Waals surface area contributed by atoms with Gasteiger partial charge in [-0.05, 0) is 43.4 Å². The average molecular weight is 459 g/mol. The molecule has 26 heavy (non-hydrogen) atoms. The van der Waals surface area contributed by atoms with Crippen LogP contribution in [0.1, 0.15) is 5.56 Å². The van der Waals surface area contributed by atoms with Gasteiger partial charge in [-0.25, -0.2) is 0 Å². The number of hydrogen-bond donors (Lipinski definition) is 2. The number of benzene rings is 2. The highest BCUT2D eigenvalue weighted by Gasteiger charge is 2.15. The van der Waals surface area contributed by atoms with Crippen molar-refractivity contribution in [3.05, 3.63) is 61.6 Å². The zero-order chi connectivity index (χ0) is 19.3. The molecule has 0 unspecified atom stereocenters. The first-order valence-electron chi connectivity index (χ1n) is 7.20. The lowest BCUT2D eigenvalue weighted by Crippen LogP contribution is -2.37. The van der Waals surface area contributed by atoms with Gasteiger partial charge in [0.1, 0.15) is 5.75 Å². The highest BCUT2D eigenvalue weighted by atomic mass is 79.9. The van der Waals surface area contributed by atoms with Gasteiger partial charge < -0.3 is 10.1 Å². The summed E-state index contributed by atoms with van der Waals surface area (Å²) in [7, 11) is 0. The largest absolute Gasteiger partial charge is 0.482 e. The van der Waals surface area contributed by atoms with Gasteiger partial charge in [0.25, 0.3) is 11.6 Å². The fourth-order valence-electron chi connectivity index (χ4n) is 2.01. The Bertz CT molecular complexity index is 879. The topological polar surface area (TPSA) is 93.5 Å². The number of carbonyl (C=O) groups is 1. The summed E-state index contributed by atoms with van der Waals surface area (Å²) in [6.07, 6.45) is 0. The summed E-state index contributed by atoms with van der Waals surface area (Å²) in [5.41, 5.74) is 0.797. The van der Waals surface area contributed by atoms with Gasteiger partial charge in [-0.2, -0.15) is 0 Å². The Hall–Kier alpha value is -2.23. The molecule has 1 amide bonds.